The second-order valence-corrected chi connectivity index (χ2v) is 7.73. The van der Waals surface area contributed by atoms with Gasteiger partial charge in [-0.3, -0.25) is 0 Å². The molecule has 2 aromatic carbocycles. The summed E-state index contributed by atoms with van der Waals surface area (Å²) in [7, 11) is 0. The molecule has 0 bridgehead atoms. The third-order valence-corrected chi connectivity index (χ3v) is 5.78. The van der Waals surface area contributed by atoms with Crippen molar-refractivity contribution >= 4 is 22.1 Å². The highest BCUT2D eigenvalue weighted by atomic mass is 14.9. The molecule has 0 aliphatic carbocycles. The summed E-state index contributed by atoms with van der Waals surface area (Å²) in [6.07, 6.45) is 5.49. The maximum atomic E-state index is 4.80. The Balaban J connectivity index is 1.32. The van der Waals surface area contributed by atoms with Gasteiger partial charge in [0.25, 0.3) is 0 Å². The molecule has 0 aliphatic heterocycles. The zero-order valence-corrected chi connectivity index (χ0v) is 16.7. The minimum Gasteiger partial charge on any atom is -0.342 e. The summed E-state index contributed by atoms with van der Waals surface area (Å²) in [5.41, 5.74) is 9.72. The van der Waals surface area contributed by atoms with Crippen LogP contribution in [0.2, 0.25) is 0 Å². The van der Waals surface area contributed by atoms with Crippen LogP contribution in [0.3, 0.4) is 0 Å². The van der Waals surface area contributed by atoms with Gasteiger partial charge in [0.15, 0.2) is 0 Å². The van der Waals surface area contributed by atoms with Crippen molar-refractivity contribution in [3.8, 4) is 0 Å². The third-order valence-electron chi connectivity index (χ3n) is 5.78. The Morgan fingerprint density at radius 1 is 0.630 bits per heavy atom. The van der Waals surface area contributed by atoms with Crippen LogP contribution in [0.25, 0.3) is 22.1 Å². The van der Waals surface area contributed by atoms with Crippen LogP contribution in [0.1, 0.15) is 53.2 Å². The van der Waals surface area contributed by atoms with Crippen LogP contribution in [0.5, 0.6) is 0 Å². The van der Waals surface area contributed by atoms with E-state index in [9.17, 15) is 0 Å². The molecule has 0 aliphatic rings. The van der Waals surface area contributed by atoms with Gasteiger partial charge in [0.05, 0.1) is 22.1 Å². The Hall–Kier alpha value is -2.62. The van der Waals surface area contributed by atoms with Gasteiger partial charge in [-0.1, -0.05) is 18.6 Å². The number of nitrogens with zero attached hydrogens (tertiary/aromatic N) is 2. The summed E-state index contributed by atoms with van der Waals surface area (Å²) in [6.45, 7) is 8.59. The van der Waals surface area contributed by atoms with Gasteiger partial charge in [-0.05, 0) is 74.9 Å². The quantitative estimate of drug-likeness (QED) is 0.438. The lowest BCUT2D eigenvalue weighted by atomic mass is 10.1. The van der Waals surface area contributed by atoms with Gasteiger partial charge in [-0.25, -0.2) is 9.97 Å². The Bertz CT molecular complexity index is 1010. The van der Waals surface area contributed by atoms with Gasteiger partial charge in [0.1, 0.15) is 11.6 Å². The van der Waals surface area contributed by atoms with E-state index in [0.29, 0.717) is 0 Å². The number of benzene rings is 2. The van der Waals surface area contributed by atoms with Crippen LogP contribution >= 0.6 is 0 Å². The molecule has 0 spiro atoms. The number of hydrogen-bond acceptors (Lipinski definition) is 2. The van der Waals surface area contributed by atoms with Crippen molar-refractivity contribution in [2.75, 3.05) is 0 Å². The van der Waals surface area contributed by atoms with Crippen molar-refractivity contribution < 1.29 is 0 Å². The fraction of sp³-hybridized carbons (Fsp3) is 0.391. The number of nitrogens with one attached hydrogen (secondary N) is 2. The number of aromatic amines is 2. The zero-order chi connectivity index (χ0) is 19.0. The summed E-state index contributed by atoms with van der Waals surface area (Å²) in [4.78, 5) is 16.5. The molecule has 0 unspecified atom stereocenters. The first-order valence-electron chi connectivity index (χ1n) is 9.92. The average Bonchev–Trinajstić information content (AvgIpc) is 3.26. The summed E-state index contributed by atoms with van der Waals surface area (Å²) >= 11 is 0. The molecule has 0 amide bonds. The molecule has 4 rings (SSSR count). The van der Waals surface area contributed by atoms with Gasteiger partial charge in [0, 0.05) is 12.8 Å². The molecule has 4 nitrogen and oxygen atoms in total. The van der Waals surface area contributed by atoms with E-state index in [1.807, 2.05) is 0 Å². The van der Waals surface area contributed by atoms with Gasteiger partial charge < -0.3 is 9.97 Å². The molecular weight excluding hydrogens is 332 g/mol. The highest BCUT2D eigenvalue weighted by Gasteiger charge is 2.08. The molecule has 2 aromatic heterocycles. The lowest BCUT2D eigenvalue weighted by Gasteiger charge is -1.98. The lowest BCUT2D eigenvalue weighted by molar-refractivity contribution is 0.656. The van der Waals surface area contributed by atoms with Gasteiger partial charge in [0.2, 0.25) is 0 Å². The van der Waals surface area contributed by atoms with Crippen molar-refractivity contribution in [3.05, 3.63) is 58.2 Å². The number of imidazole rings is 2. The van der Waals surface area contributed by atoms with E-state index in [1.54, 1.807) is 0 Å². The van der Waals surface area contributed by atoms with E-state index in [-0.39, 0.29) is 0 Å². The molecule has 0 saturated heterocycles. The first-order chi connectivity index (χ1) is 13.0. The van der Waals surface area contributed by atoms with Gasteiger partial charge in [-0.15, -0.1) is 0 Å². The first kappa shape index (κ1) is 17.8. The molecule has 27 heavy (non-hydrogen) atoms. The van der Waals surface area contributed by atoms with Crippen LogP contribution in [0, 0.1) is 27.7 Å². The molecule has 0 saturated carbocycles. The molecule has 4 heteroatoms. The van der Waals surface area contributed by atoms with E-state index < -0.39 is 0 Å². The number of aryl methyl sites for hydroxylation is 6. The Labute approximate surface area is 160 Å². The minimum atomic E-state index is 1.01. The Morgan fingerprint density at radius 2 is 1.07 bits per heavy atom. The summed E-state index contributed by atoms with van der Waals surface area (Å²) in [5.74, 6) is 2.21. The van der Waals surface area contributed by atoms with E-state index in [0.717, 1.165) is 59.4 Å². The van der Waals surface area contributed by atoms with Crippen molar-refractivity contribution in [2.45, 2.75) is 59.8 Å². The average molecular weight is 361 g/mol. The fourth-order valence-corrected chi connectivity index (χ4v) is 3.73. The van der Waals surface area contributed by atoms with Gasteiger partial charge in [-0.2, -0.15) is 0 Å². The van der Waals surface area contributed by atoms with Crippen LogP contribution in [-0.4, -0.2) is 19.9 Å². The summed E-state index contributed by atoms with van der Waals surface area (Å²) in [5, 5.41) is 0. The number of aromatic nitrogens is 4. The number of fused-ring (bicyclic) bond motifs is 2. The van der Waals surface area contributed by atoms with Crippen LogP contribution in [0.4, 0.5) is 0 Å². The largest absolute Gasteiger partial charge is 0.342 e. The molecule has 140 valence electrons. The zero-order valence-electron chi connectivity index (χ0n) is 16.7. The highest BCUT2D eigenvalue weighted by molar-refractivity contribution is 5.80. The smallest absolute Gasteiger partial charge is 0.107 e. The number of hydrogen-bond donors (Lipinski definition) is 2. The van der Waals surface area contributed by atoms with Crippen molar-refractivity contribution in [1.29, 1.82) is 0 Å². The number of rotatable bonds is 6. The Morgan fingerprint density at radius 3 is 1.52 bits per heavy atom. The van der Waals surface area contributed by atoms with Crippen molar-refractivity contribution in [2.24, 2.45) is 0 Å². The molecular formula is C23H28N4. The predicted molar refractivity (Wildman–Crippen MR) is 112 cm³/mol. The third kappa shape index (κ3) is 3.48. The van der Waals surface area contributed by atoms with Gasteiger partial charge >= 0.3 is 0 Å². The fourth-order valence-electron chi connectivity index (χ4n) is 3.73. The maximum Gasteiger partial charge on any atom is 0.107 e. The molecule has 2 N–H and O–H groups in total. The Kier molecular flexibility index (Phi) is 4.73. The van der Waals surface area contributed by atoms with Crippen molar-refractivity contribution in [1.82, 2.24) is 19.9 Å². The van der Waals surface area contributed by atoms with Crippen molar-refractivity contribution in [3.63, 3.8) is 0 Å². The minimum absolute atomic E-state index is 1.01. The van der Waals surface area contributed by atoms with E-state index >= 15 is 0 Å². The predicted octanol–water partition coefficient (Wildman–Crippen LogP) is 5.63. The van der Waals surface area contributed by atoms with E-state index in [2.05, 4.69) is 61.9 Å². The number of H-pyrrole nitrogens is 2. The SMILES string of the molecule is Cc1ccc2[nH]c(CCCCCc3nc4c(C)c(C)ccc4[nH]3)nc2c1C. The molecule has 0 radical (unpaired) electrons. The second-order valence-electron chi connectivity index (χ2n) is 7.73. The van der Waals surface area contributed by atoms with Crippen LogP contribution in [-0.2, 0) is 12.8 Å². The topological polar surface area (TPSA) is 57.4 Å². The molecule has 0 fully saturated rings. The van der Waals surface area contributed by atoms with Crippen LogP contribution < -0.4 is 0 Å². The monoisotopic (exact) mass is 360 g/mol. The maximum absolute atomic E-state index is 4.80. The van der Waals surface area contributed by atoms with E-state index in [4.69, 9.17) is 9.97 Å². The normalized spacial score (nSPS) is 11.7. The highest BCUT2D eigenvalue weighted by Crippen LogP contribution is 2.21. The second kappa shape index (κ2) is 7.18. The summed E-state index contributed by atoms with van der Waals surface area (Å²) < 4.78 is 0. The molecule has 2 heterocycles. The van der Waals surface area contributed by atoms with Crippen LogP contribution in [0.15, 0.2) is 24.3 Å². The van der Waals surface area contributed by atoms with E-state index in [1.165, 1.54) is 28.7 Å². The summed E-state index contributed by atoms with van der Waals surface area (Å²) in [6, 6.07) is 8.60. The number of unbranched alkanes of at least 4 members (excludes halogenated alkanes) is 2. The standard InChI is InChI=1S/C23H28N4/c1-14-10-12-18-22(16(14)3)26-20(24-18)8-6-5-7-9-21-25-19-13-11-15(2)17(4)23(19)27-21/h10-13H,5-9H2,1-4H3,(H,24,26)(H,25,27). The molecule has 0 atom stereocenters. The first-order valence-corrected chi connectivity index (χ1v) is 9.92. The molecule has 4 aromatic rings. The lowest BCUT2D eigenvalue weighted by Crippen LogP contribution is -1.92.